The number of benzene rings is 2. The molecule has 3 aromatic rings. The molecule has 1 aromatic heterocycles. The van der Waals surface area contributed by atoms with Gasteiger partial charge in [0.05, 0.1) is 37.8 Å². The first-order valence-electron chi connectivity index (χ1n) is 12.4. The summed E-state index contributed by atoms with van der Waals surface area (Å²) in [5.41, 5.74) is 11.0. The minimum Gasteiger partial charge on any atom is -0.378 e. The summed E-state index contributed by atoms with van der Waals surface area (Å²) < 4.78 is 10.9. The van der Waals surface area contributed by atoms with Crippen molar-refractivity contribution in [1.82, 2.24) is 14.9 Å². The molecule has 3 N–H and O–H groups in total. The summed E-state index contributed by atoms with van der Waals surface area (Å²) in [6.45, 7) is 9.90. The van der Waals surface area contributed by atoms with E-state index in [2.05, 4.69) is 51.1 Å². The molecule has 10 nitrogen and oxygen atoms in total. The van der Waals surface area contributed by atoms with Crippen LogP contribution in [0, 0.1) is 0 Å². The van der Waals surface area contributed by atoms with E-state index in [1.54, 1.807) is 17.4 Å². The maximum atomic E-state index is 6.20. The predicted molar refractivity (Wildman–Crippen MR) is 147 cm³/mol. The maximum Gasteiger partial charge on any atom is 0.227 e. The van der Waals surface area contributed by atoms with E-state index in [1.165, 1.54) is 5.69 Å². The number of morpholine rings is 2. The van der Waals surface area contributed by atoms with Crippen molar-refractivity contribution in [2.45, 2.75) is 0 Å². The second-order valence-corrected chi connectivity index (χ2v) is 8.67. The Balaban J connectivity index is 1.27. The summed E-state index contributed by atoms with van der Waals surface area (Å²) >= 11 is 0. The van der Waals surface area contributed by atoms with Crippen molar-refractivity contribution in [2.24, 2.45) is 10.8 Å². The van der Waals surface area contributed by atoms with Crippen LogP contribution in [0.2, 0.25) is 0 Å². The lowest BCUT2D eigenvalue weighted by Crippen LogP contribution is -2.45. The average Bonchev–Trinajstić information content (AvgIpc) is 2.97. The fourth-order valence-corrected chi connectivity index (χ4v) is 4.26. The van der Waals surface area contributed by atoms with E-state index in [0.717, 1.165) is 62.0 Å². The molecule has 0 aliphatic carbocycles. The number of nitrogens with two attached hydrogens (primary N) is 1. The van der Waals surface area contributed by atoms with E-state index < -0.39 is 0 Å². The van der Waals surface area contributed by atoms with Crippen LogP contribution in [0.5, 0.6) is 0 Å². The summed E-state index contributed by atoms with van der Waals surface area (Å²) in [7, 11) is 0. The van der Waals surface area contributed by atoms with Crippen LogP contribution in [0.4, 0.5) is 23.0 Å². The van der Waals surface area contributed by atoms with Gasteiger partial charge in [-0.1, -0.05) is 18.7 Å². The van der Waals surface area contributed by atoms with Crippen molar-refractivity contribution in [3.05, 3.63) is 73.6 Å². The van der Waals surface area contributed by atoms with Crippen LogP contribution in [0.1, 0.15) is 0 Å². The topological polar surface area (TPSA) is 104 Å². The van der Waals surface area contributed by atoms with Crippen LogP contribution in [-0.4, -0.2) is 73.4 Å². The molecule has 3 heterocycles. The Morgan fingerprint density at radius 2 is 1.73 bits per heavy atom. The highest BCUT2D eigenvalue weighted by Gasteiger charge is 2.14. The lowest BCUT2D eigenvalue weighted by atomic mass is 10.1. The van der Waals surface area contributed by atoms with Crippen LogP contribution < -0.4 is 21.0 Å². The second kappa shape index (κ2) is 11.7. The molecule has 0 amide bonds. The SMILES string of the molecule is C=CN(/N=C(\N)N1CCOCC1)c1ccc(Nc2nccc(-c3cccc(N4CCOCC4)c3)n2)cc1. The van der Waals surface area contributed by atoms with Crippen molar-refractivity contribution in [2.75, 3.05) is 67.8 Å². The molecule has 2 aromatic carbocycles. The Labute approximate surface area is 217 Å². The first-order valence-corrected chi connectivity index (χ1v) is 12.4. The molecule has 5 rings (SSSR count). The highest BCUT2D eigenvalue weighted by atomic mass is 16.5. The Morgan fingerprint density at radius 3 is 2.46 bits per heavy atom. The van der Waals surface area contributed by atoms with Gasteiger partial charge in [0, 0.05) is 55.5 Å². The zero-order valence-corrected chi connectivity index (χ0v) is 20.8. The van der Waals surface area contributed by atoms with E-state index in [0.29, 0.717) is 25.1 Å². The monoisotopic (exact) mass is 500 g/mol. The summed E-state index contributed by atoms with van der Waals surface area (Å²) in [6, 6.07) is 18.1. The number of hydrogen-bond donors (Lipinski definition) is 2. The van der Waals surface area contributed by atoms with E-state index >= 15 is 0 Å². The molecule has 2 aliphatic heterocycles. The molecule has 0 unspecified atom stereocenters. The number of aromatic nitrogens is 2. The number of ether oxygens (including phenoxy) is 2. The van der Waals surface area contributed by atoms with Gasteiger partial charge in [0.1, 0.15) is 0 Å². The van der Waals surface area contributed by atoms with Gasteiger partial charge >= 0.3 is 0 Å². The first kappa shape index (κ1) is 24.5. The van der Waals surface area contributed by atoms with Gasteiger partial charge < -0.3 is 30.3 Å². The number of anilines is 4. The Bertz CT molecular complexity index is 1220. The second-order valence-electron chi connectivity index (χ2n) is 8.67. The highest BCUT2D eigenvalue weighted by Crippen LogP contribution is 2.26. The van der Waals surface area contributed by atoms with Gasteiger partial charge in [-0.05, 0) is 42.5 Å². The number of hydrazone groups is 1. The van der Waals surface area contributed by atoms with Crippen LogP contribution in [0.15, 0.2) is 78.7 Å². The zero-order valence-electron chi connectivity index (χ0n) is 20.8. The molecule has 192 valence electrons. The normalized spacial score (nSPS) is 16.4. The molecular weight excluding hydrogens is 468 g/mol. The lowest BCUT2D eigenvalue weighted by molar-refractivity contribution is 0.0674. The number of nitrogens with zero attached hydrogens (tertiary/aromatic N) is 6. The van der Waals surface area contributed by atoms with Crippen LogP contribution in [0.3, 0.4) is 0 Å². The Kier molecular flexibility index (Phi) is 7.78. The highest BCUT2D eigenvalue weighted by molar-refractivity contribution is 5.79. The van der Waals surface area contributed by atoms with Crippen LogP contribution in [-0.2, 0) is 9.47 Å². The Morgan fingerprint density at radius 1 is 1.00 bits per heavy atom. The van der Waals surface area contributed by atoms with Crippen molar-refractivity contribution < 1.29 is 9.47 Å². The van der Waals surface area contributed by atoms with E-state index in [1.807, 2.05) is 35.2 Å². The zero-order chi connectivity index (χ0) is 25.5. The molecule has 2 aliphatic rings. The molecule has 37 heavy (non-hydrogen) atoms. The lowest BCUT2D eigenvalue weighted by Gasteiger charge is -2.29. The van der Waals surface area contributed by atoms with Crippen molar-refractivity contribution >= 4 is 29.0 Å². The number of nitrogens with one attached hydrogen (secondary N) is 1. The number of guanidine groups is 1. The summed E-state index contributed by atoms with van der Waals surface area (Å²) in [5, 5.41) is 9.47. The fourth-order valence-electron chi connectivity index (χ4n) is 4.26. The largest absolute Gasteiger partial charge is 0.378 e. The molecule has 0 atom stereocenters. The smallest absolute Gasteiger partial charge is 0.227 e. The molecule has 10 heteroatoms. The third-order valence-electron chi connectivity index (χ3n) is 6.28. The molecule has 0 radical (unpaired) electrons. The van der Waals surface area contributed by atoms with Crippen molar-refractivity contribution in [3.8, 4) is 11.3 Å². The minimum absolute atomic E-state index is 0.438. The predicted octanol–water partition coefficient (Wildman–Crippen LogP) is 3.24. The summed E-state index contributed by atoms with van der Waals surface area (Å²) in [4.78, 5) is 13.5. The number of hydrogen-bond acceptors (Lipinski definition) is 8. The van der Waals surface area contributed by atoms with Gasteiger partial charge in [-0.3, -0.25) is 0 Å². The molecular formula is C27H32N8O2. The van der Waals surface area contributed by atoms with E-state index in [9.17, 15) is 0 Å². The van der Waals surface area contributed by atoms with E-state index in [-0.39, 0.29) is 0 Å². The minimum atomic E-state index is 0.438. The molecule has 0 saturated carbocycles. The standard InChI is InChI=1S/C27H32N8O2/c1-2-35(32-26(28)34-14-18-37-19-15-34)23-8-6-22(7-9-23)30-27-29-11-10-25(31-27)21-4-3-5-24(20-21)33-12-16-36-17-13-33/h2-11,20H,1,12-19H2,(H2,28,32)(H,29,30,31). The van der Waals surface area contributed by atoms with Crippen LogP contribution in [0.25, 0.3) is 11.3 Å². The molecule has 2 fully saturated rings. The first-order chi connectivity index (χ1) is 18.2. The van der Waals surface area contributed by atoms with Gasteiger partial charge in [-0.15, -0.1) is 5.10 Å². The molecule has 0 spiro atoms. The van der Waals surface area contributed by atoms with Gasteiger partial charge in [0.2, 0.25) is 11.9 Å². The quantitative estimate of drug-likeness (QED) is 0.287. The third kappa shape index (κ3) is 6.16. The van der Waals surface area contributed by atoms with Crippen molar-refractivity contribution in [1.29, 1.82) is 0 Å². The van der Waals surface area contributed by atoms with Gasteiger partial charge in [-0.25, -0.2) is 15.0 Å². The molecule has 0 bridgehead atoms. The van der Waals surface area contributed by atoms with Crippen LogP contribution >= 0.6 is 0 Å². The summed E-state index contributed by atoms with van der Waals surface area (Å²) in [6.07, 6.45) is 3.40. The van der Waals surface area contributed by atoms with Gasteiger partial charge in [0.25, 0.3) is 0 Å². The average molecular weight is 501 g/mol. The third-order valence-corrected chi connectivity index (χ3v) is 6.28. The molecule has 2 saturated heterocycles. The fraction of sp³-hybridized carbons (Fsp3) is 0.296. The maximum absolute atomic E-state index is 6.20. The summed E-state index contributed by atoms with van der Waals surface area (Å²) in [5.74, 6) is 0.963. The Hall–Kier alpha value is -4.15. The number of rotatable bonds is 7. The van der Waals surface area contributed by atoms with E-state index in [4.69, 9.17) is 20.2 Å². The van der Waals surface area contributed by atoms with Crippen molar-refractivity contribution in [3.63, 3.8) is 0 Å². The van der Waals surface area contributed by atoms with Gasteiger partial charge in [-0.2, -0.15) is 0 Å². The van der Waals surface area contributed by atoms with Gasteiger partial charge in [0.15, 0.2) is 0 Å².